The van der Waals surface area contributed by atoms with E-state index in [-0.39, 0.29) is 17.9 Å². The number of piperazine rings is 1. The first-order chi connectivity index (χ1) is 14.5. The zero-order valence-electron chi connectivity index (χ0n) is 17.8. The number of rotatable bonds is 6. The predicted octanol–water partition coefficient (Wildman–Crippen LogP) is 3.19. The van der Waals surface area contributed by atoms with E-state index in [0.717, 1.165) is 24.5 Å². The lowest BCUT2D eigenvalue weighted by Gasteiger charge is -2.38. The minimum atomic E-state index is -0.568. The summed E-state index contributed by atoms with van der Waals surface area (Å²) in [6, 6.07) is 16.2. The summed E-state index contributed by atoms with van der Waals surface area (Å²) in [5.41, 5.74) is 1.81. The summed E-state index contributed by atoms with van der Waals surface area (Å²) < 4.78 is 5.21. The molecule has 30 heavy (non-hydrogen) atoms. The van der Waals surface area contributed by atoms with Gasteiger partial charge in [0.15, 0.2) is 0 Å². The van der Waals surface area contributed by atoms with Crippen molar-refractivity contribution in [3.05, 3.63) is 54.6 Å². The van der Waals surface area contributed by atoms with Crippen LogP contribution in [-0.4, -0.2) is 56.2 Å². The fourth-order valence-electron chi connectivity index (χ4n) is 3.52. The molecule has 2 aromatic rings. The van der Waals surface area contributed by atoms with Crippen molar-refractivity contribution in [2.75, 3.05) is 43.5 Å². The lowest BCUT2D eigenvalue weighted by Crippen LogP contribution is -2.57. The van der Waals surface area contributed by atoms with Crippen molar-refractivity contribution in [1.29, 1.82) is 0 Å². The van der Waals surface area contributed by atoms with Crippen LogP contribution in [0.2, 0.25) is 0 Å². The van der Waals surface area contributed by atoms with Crippen molar-refractivity contribution in [2.24, 2.45) is 5.92 Å². The van der Waals surface area contributed by atoms with E-state index in [4.69, 9.17) is 4.74 Å². The first-order valence-electron chi connectivity index (χ1n) is 10.3. The Hall–Kier alpha value is -3.22. The molecule has 7 heteroatoms. The number of carbonyl (C=O) groups is 2. The summed E-state index contributed by atoms with van der Waals surface area (Å²) in [5, 5.41) is 5.63. The van der Waals surface area contributed by atoms with E-state index >= 15 is 0 Å². The molecule has 1 heterocycles. The maximum absolute atomic E-state index is 13.1. The molecular weight excluding hydrogens is 380 g/mol. The number of nitrogens with zero attached hydrogens (tertiary/aromatic N) is 2. The number of methoxy groups -OCH3 is 1. The van der Waals surface area contributed by atoms with Crippen LogP contribution in [-0.2, 0) is 4.79 Å². The van der Waals surface area contributed by atoms with E-state index in [1.807, 2.05) is 73.3 Å². The monoisotopic (exact) mass is 410 g/mol. The fourth-order valence-corrected chi connectivity index (χ4v) is 3.52. The maximum Gasteiger partial charge on any atom is 0.319 e. The van der Waals surface area contributed by atoms with Crippen molar-refractivity contribution in [3.8, 4) is 5.75 Å². The molecule has 3 amide bonds. The predicted molar refractivity (Wildman–Crippen MR) is 119 cm³/mol. The Kier molecular flexibility index (Phi) is 7.17. The van der Waals surface area contributed by atoms with Crippen molar-refractivity contribution in [2.45, 2.75) is 19.9 Å². The number of ether oxygens (including phenoxy) is 1. The molecule has 1 aliphatic heterocycles. The summed E-state index contributed by atoms with van der Waals surface area (Å²) >= 11 is 0. The number of amides is 3. The Morgan fingerprint density at radius 3 is 2.13 bits per heavy atom. The molecule has 1 atom stereocenters. The second-order valence-corrected chi connectivity index (χ2v) is 7.70. The Balaban J connectivity index is 1.56. The average Bonchev–Trinajstić information content (AvgIpc) is 2.78. The zero-order chi connectivity index (χ0) is 21.5. The molecule has 3 rings (SSSR count). The van der Waals surface area contributed by atoms with Crippen molar-refractivity contribution < 1.29 is 14.3 Å². The molecule has 2 N–H and O–H groups in total. The molecule has 0 radical (unpaired) electrons. The topological polar surface area (TPSA) is 73.9 Å². The van der Waals surface area contributed by atoms with Crippen LogP contribution in [0.1, 0.15) is 13.8 Å². The third-order valence-electron chi connectivity index (χ3n) is 5.28. The van der Waals surface area contributed by atoms with Crippen LogP contribution in [0.4, 0.5) is 16.2 Å². The standard InChI is InChI=1S/C23H30N4O3/c1-17(2)21(25-23(29)24-18-7-5-4-6-8-18)22(28)27-15-13-26(14-16-27)19-9-11-20(30-3)12-10-19/h4-12,17,21H,13-16H2,1-3H3,(H2,24,25,29)/t21-/m0/s1. The summed E-state index contributed by atoms with van der Waals surface area (Å²) in [7, 11) is 1.65. The van der Waals surface area contributed by atoms with E-state index < -0.39 is 6.04 Å². The molecule has 2 aromatic carbocycles. The van der Waals surface area contributed by atoms with Gasteiger partial charge in [0.25, 0.3) is 0 Å². The lowest BCUT2D eigenvalue weighted by molar-refractivity contribution is -0.134. The number of anilines is 2. The highest BCUT2D eigenvalue weighted by Crippen LogP contribution is 2.21. The Labute approximate surface area is 178 Å². The normalized spacial score (nSPS) is 14.9. The third kappa shape index (κ3) is 5.43. The number of urea groups is 1. The highest BCUT2D eigenvalue weighted by atomic mass is 16.5. The van der Waals surface area contributed by atoms with E-state index in [1.54, 1.807) is 7.11 Å². The van der Waals surface area contributed by atoms with Gasteiger partial charge in [0.1, 0.15) is 11.8 Å². The van der Waals surface area contributed by atoms with Crippen LogP contribution >= 0.6 is 0 Å². The maximum atomic E-state index is 13.1. The second-order valence-electron chi connectivity index (χ2n) is 7.70. The highest BCUT2D eigenvalue weighted by Gasteiger charge is 2.30. The van der Waals surface area contributed by atoms with Crippen LogP contribution in [0.3, 0.4) is 0 Å². The molecular formula is C23H30N4O3. The van der Waals surface area contributed by atoms with Crippen LogP contribution in [0.25, 0.3) is 0 Å². The second kappa shape index (κ2) is 10.0. The Bertz CT molecular complexity index is 831. The van der Waals surface area contributed by atoms with Gasteiger partial charge >= 0.3 is 6.03 Å². The molecule has 1 fully saturated rings. The number of para-hydroxylation sites is 1. The summed E-state index contributed by atoms with van der Waals surface area (Å²) in [4.78, 5) is 29.6. The number of benzene rings is 2. The van der Waals surface area contributed by atoms with E-state index in [9.17, 15) is 9.59 Å². The quantitative estimate of drug-likeness (QED) is 0.767. The molecule has 1 saturated heterocycles. The van der Waals surface area contributed by atoms with Crippen molar-refractivity contribution in [1.82, 2.24) is 10.2 Å². The minimum Gasteiger partial charge on any atom is -0.497 e. The molecule has 0 spiro atoms. The van der Waals surface area contributed by atoms with Gasteiger partial charge in [-0.3, -0.25) is 4.79 Å². The van der Waals surface area contributed by atoms with Gasteiger partial charge in [-0.15, -0.1) is 0 Å². The zero-order valence-corrected chi connectivity index (χ0v) is 17.8. The molecule has 160 valence electrons. The van der Waals surface area contributed by atoms with Gasteiger partial charge < -0.3 is 25.2 Å². The van der Waals surface area contributed by atoms with E-state index in [2.05, 4.69) is 15.5 Å². The molecule has 1 aliphatic rings. The fraction of sp³-hybridized carbons (Fsp3) is 0.391. The molecule has 0 aromatic heterocycles. The highest BCUT2D eigenvalue weighted by molar-refractivity contribution is 5.93. The molecule has 0 aliphatic carbocycles. The lowest BCUT2D eigenvalue weighted by atomic mass is 10.0. The Morgan fingerprint density at radius 1 is 0.933 bits per heavy atom. The number of hydrogen-bond acceptors (Lipinski definition) is 4. The first-order valence-corrected chi connectivity index (χ1v) is 10.3. The SMILES string of the molecule is COc1ccc(N2CCN(C(=O)[C@@H](NC(=O)Nc3ccccc3)C(C)C)CC2)cc1. The first kappa shape index (κ1) is 21.5. The molecule has 7 nitrogen and oxygen atoms in total. The van der Waals surface area contributed by atoms with E-state index in [1.165, 1.54) is 0 Å². The largest absolute Gasteiger partial charge is 0.497 e. The smallest absolute Gasteiger partial charge is 0.319 e. The minimum absolute atomic E-state index is 0.0151. The molecule has 0 saturated carbocycles. The van der Waals surface area contributed by atoms with Gasteiger partial charge in [-0.2, -0.15) is 0 Å². The molecule has 0 unspecified atom stereocenters. The summed E-state index contributed by atoms with van der Waals surface area (Å²) in [6.45, 7) is 6.63. The van der Waals surface area contributed by atoms with Crippen LogP contribution < -0.4 is 20.3 Å². The van der Waals surface area contributed by atoms with Crippen molar-refractivity contribution >= 4 is 23.3 Å². The third-order valence-corrected chi connectivity index (χ3v) is 5.28. The van der Waals surface area contributed by atoms with Crippen molar-refractivity contribution in [3.63, 3.8) is 0 Å². The van der Waals surface area contributed by atoms with Gasteiger partial charge in [0.05, 0.1) is 7.11 Å². The van der Waals surface area contributed by atoms with Gasteiger partial charge in [0, 0.05) is 37.6 Å². The Morgan fingerprint density at radius 2 is 1.57 bits per heavy atom. The summed E-state index contributed by atoms with van der Waals surface area (Å²) in [5.74, 6) is 0.772. The van der Waals surface area contributed by atoms with Gasteiger partial charge in [-0.25, -0.2) is 4.79 Å². The van der Waals surface area contributed by atoms with Gasteiger partial charge in [0.2, 0.25) is 5.91 Å². The average molecular weight is 411 g/mol. The van der Waals surface area contributed by atoms with Crippen LogP contribution in [0.5, 0.6) is 5.75 Å². The van der Waals surface area contributed by atoms with Gasteiger partial charge in [-0.05, 0) is 42.3 Å². The van der Waals surface area contributed by atoms with E-state index in [0.29, 0.717) is 18.8 Å². The van der Waals surface area contributed by atoms with Crippen LogP contribution in [0.15, 0.2) is 54.6 Å². The number of hydrogen-bond donors (Lipinski definition) is 2. The summed E-state index contributed by atoms with van der Waals surface area (Å²) in [6.07, 6.45) is 0. The molecule has 0 bridgehead atoms. The number of carbonyl (C=O) groups excluding carboxylic acids is 2. The van der Waals surface area contributed by atoms with Crippen LogP contribution in [0, 0.1) is 5.92 Å². The van der Waals surface area contributed by atoms with Gasteiger partial charge in [-0.1, -0.05) is 32.0 Å². The number of nitrogens with one attached hydrogen (secondary N) is 2.